The third-order valence-corrected chi connectivity index (χ3v) is 3.19. The average Bonchev–Trinajstić information content (AvgIpc) is 2.32. The second kappa shape index (κ2) is 13.8. The number of esters is 1. The molecule has 0 aliphatic heterocycles. The summed E-state index contributed by atoms with van der Waals surface area (Å²) in [5.41, 5.74) is -0.228. The van der Waals surface area contributed by atoms with Crippen LogP contribution in [-0.2, 0) is 9.53 Å². The third-order valence-electron chi connectivity index (χ3n) is 3.19. The number of carbonyl (C=O) groups excluding carboxylic acids is 1. The lowest BCUT2D eigenvalue weighted by atomic mass is 9.80. The van der Waals surface area contributed by atoms with Gasteiger partial charge in [0.25, 0.3) is 0 Å². The Hall–Kier alpha value is -0.610. The van der Waals surface area contributed by atoms with Gasteiger partial charge in [-0.05, 0) is 46.8 Å². The van der Waals surface area contributed by atoms with Crippen LogP contribution in [-0.4, -0.2) is 38.6 Å². The molecule has 0 aromatic heterocycles. The summed E-state index contributed by atoms with van der Waals surface area (Å²) in [4.78, 5) is 13.8. The molecule has 0 radical (unpaired) electrons. The molecule has 19 heavy (non-hydrogen) atoms. The topological polar surface area (TPSA) is 64.5 Å². The van der Waals surface area contributed by atoms with E-state index in [2.05, 4.69) is 27.7 Å². The Morgan fingerprint density at radius 1 is 1.00 bits per heavy atom. The molecule has 0 unspecified atom stereocenters. The Labute approximate surface area is 120 Å². The number of nitrogens with zero attached hydrogens (tertiary/aromatic N) is 1. The van der Waals surface area contributed by atoms with Crippen LogP contribution in [0.2, 0.25) is 0 Å². The number of hydrogen-bond acceptors (Lipinski definition) is 4. The highest BCUT2D eigenvalue weighted by Crippen LogP contribution is 2.31. The molecule has 0 atom stereocenters. The standard InChI is InChI=1S/C12H24O2.C3H9N.H3N/c1-5-9-10-14-11(13)12(6-2,7-3)8-4;1-4(2)3;/h5-10H2,1-4H3;1-3H3;1H3. The molecule has 0 aromatic carbocycles. The summed E-state index contributed by atoms with van der Waals surface area (Å²) in [5.74, 6) is -0.00144. The zero-order valence-electron chi connectivity index (χ0n) is 14.2. The van der Waals surface area contributed by atoms with Crippen LogP contribution in [0, 0.1) is 5.41 Å². The Morgan fingerprint density at radius 3 is 1.63 bits per heavy atom. The second-order valence-electron chi connectivity index (χ2n) is 5.17. The SMILES string of the molecule is CCCCOC(=O)C(CC)(CC)CC.CN(C)C.N. The second-order valence-corrected chi connectivity index (χ2v) is 5.17. The van der Waals surface area contributed by atoms with Crippen LogP contribution in [0.4, 0.5) is 0 Å². The van der Waals surface area contributed by atoms with Crippen LogP contribution < -0.4 is 6.15 Å². The predicted octanol–water partition coefficient (Wildman–Crippen LogP) is 3.89. The lowest BCUT2D eigenvalue weighted by molar-refractivity contribution is -0.157. The average molecular weight is 276 g/mol. The minimum Gasteiger partial charge on any atom is -0.465 e. The van der Waals surface area contributed by atoms with Gasteiger partial charge in [-0.25, -0.2) is 0 Å². The lowest BCUT2D eigenvalue weighted by Gasteiger charge is -2.27. The van der Waals surface area contributed by atoms with Crippen molar-refractivity contribution in [3.05, 3.63) is 0 Å². The molecule has 3 N–H and O–H groups in total. The Balaban J connectivity index is -0.000000448. The maximum atomic E-state index is 11.8. The number of unbranched alkanes of at least 4 members (excludes halogenated alkanes) is 1. The van der Waals surface area contributed by atoms with Crippen LogP contribution in [0.5, 0.6) is 0 Å². The molecule has 0 aliphatic rings. The van der Waals surface area contributed by atoms with E-state index in [9.17, 15) is 4.79 Å². The van der Waals surface area contributed by atoms with Gasteiger partial charge < -0.3 is 15.8 Å². The largest absolute Gasteiger partial charge is 0.465 e. The minimum atomic E-state index is -0.228. The Kier molecular flexibility index (Phi) is 17.1. The molecule has 4 nitrogen and oxygen atoms in total. The van der Waals surface area contributed by atoms with Crippen LogP contribution in [0.25, 0.3) is 0 Å². The monoisotopic (exact) mass is 276 g/mol. The van der Waals surface area contributed by atoms with Crippen LogP contribution >= 0.6 is 0 Å². The number of ether oxygens (including phenoxy) is 1. The molecule has 0 fully saturated rings. The summed E-state index contributed by atoms with van der Waals surface area (Å²) >= 11 is 0. The van der Waals surface area contributed by atoms with Gasteiger partial charge >= 0.3 is 5.97 Å². The van der Waals surface area contributed by atoms with E-state index < -0.39 is 0 Å². The highest BCUT2D eigenvalue weighted by atomic mass is 16.5. The zero-order valence-corrected chi connectivity index (χ0v) is 14.2. The molecule has 0 amide bonds. The Morgan fingerprint density at radius 2 is 1.37 bits per heavy atom. The minimum absolute atomic E-state index is 0. The molecule has 4 heteroatoms. The molecule has 0 bridgehead atoms. The summed E-state index contributed by atoms with van der Waals surface area (Å²) in [6, 6.07) is 0. The Bertz CT molecular complexity index is 191. The van der Waals surface area contributed by atoms with E-state index in [1.807, 2.05) is 26.0 Å². The highest BCUT2D eigenvalue weighted by molar-refractivity contribution is 5.76. The summed E-state index contributed by atoms with van der Waals surface area (Å²) in [7, 11) is 6.00. The first kappa shape index (κ1) is 23.5. The fourth-order valence-electron chi connectivity index (χ4n) is 1.65. The van der Waals surface area contributed by atoms with Crippen molar-refractivity contribution in [1.29, 1.82) is 0 Å². The normalized spacial score (nSPS) is 10.3. The quantitative estimate of drug-likeness (QED) is 0.566. The van der Waals surface area contributed by atoms with Crippen molar-refractivity contribution >= 4 is 5.97 Å². The molecule has 0 spiro atoms. The van der Waals surface area contributed by atoms with Gasteiger partial charge in [0.2, 0.25) is 0 Å². The van der Waals surface area contributed by atoms with Crippen molar-refractivity contribution in [3.63, 3.8) is 0 Å². The van der Waals surface area contributed by atoms with Gasteiger partial charge in [-0.15, -0.1) is 0 Å². The van der Waals surface area contributed by atoms with Crippen molar-refractivity contribution < 1.29 is 9.53 Å². The molecule has 0 aromatic rings. The van der Waals surface area contributed by atoms with Gasteiger partial charge in [0.1, 0.15) is 0 Å². The molecular formula is C15H36N2O2. The fourth-order valence-corrected chi connectivity index (χ4v) is 1.65. The van der Waals surface area contributed by atoms with Gasteiger partial charge in [0.15, 0.2) is 0 Å². The molecule has 0 rings (SSSR count). The molecule has 0 saturated carbocycles. The number of carbonyl (C=O) groups is 1. The number of rotatable bonds is 7. The van der Waals surface area contributed by atoms with Crippen molar-refractivity contribution in [2.45, 2.75) is 59.8 Å². The van der Waals surface area contributed by atoms with E-state index in [1.54, 1.807) is 0 Å². The fraction of sp³-hybridized carbons (Fsp3) is 0.933. The summed E-state index contributed by atoms with van der Waals surface area (Å²) < 4.78 is 5.28. The van der Waals surface area contributed by atoms with E-state index in [0.29, 0.717) is 6.61 Å². The molecule has 118 valence electrons. The van der Waals surface area contributed by atoms with E-state index in [-0.39, 0.29) is 17.5 Å². The van der Waals surface area contributed by atoms with Gasteiger partial charge in [-0.2, -0.15) is 0 Å². The zero-order chi connectivity index (χ0) is 14.6. The molecular weight excluding hydrogens is 240 g/mol. The van der Waals surface area contributed by atoms with Crippen molar-refractivity contribution in [2.75, 3.05) is 27.7 Å². The summed E-state index contributed by atoms with van der Waals surface area (Å²) in [6.07, 6.45) is 4.69. The van der Waals surface area contributed by atoms with E-state index in [0.717, 1.165) is 32.1 Å². The van der Waals surface area contributed by atoms with Crippen LogP contribution in [0.3, 0.4) is 0 Å². The van der Waals surface area contributed by atoms with E-state index in [1.165, 1.54) is 0 Å². The predicted molar refractivity (Wildman–Crippen MR) is 83.8 cm³/mol. The lowest BCUT2D eigenvalue weighted by Crippen LogP contribution is -2.31. The van der Waals surface area contributed by atoms with Crippen LogP contribution in [0.1, 0.15) is 59.8 Å². The van der Waals surface area contributed by atoms with Crippen molar-refractivity contribution in [3.8, 4) is 0 Å². The summed E-state index contributed by atoms with van der Waals surface area (Å²) in [5, 5.41) is 0. The van der Waals surface area contributed by atoms with E-state index in [4.69, 9.17) is 4.74 Å². The smallest absolute Gasteiger partial charge is 0.312 e. The molecule has 0 saturated heterocycles. The molecule has 0 heterocycles. The first-order valence-electron chi connectivity index (χ1n) is 7.18. The molecule has 0 aliphatic carbocycles. The summed E-state index contributed by atoms with van der Waals surface area (Å²) in [6.45, 7) is 8.87. The van der Waals surface area contributed by atoms with E-state index >= 15 is 0 Å². The number of hydrogen-bond donors (Lipinski definition) is 1. The highest BCUT2D eigenvalue weighted by Gasteiger charge is 2.34. The van der Waals surface area contributed by atoms with Crippen molar-refractivity contribution in [1.82, 2.24) is 11.1 Å². The van der Waals surface area contributed by atoms with Gasteiger partial charge in [-0.1, -0.05) is 34.1 Å². The maximum Gasteiger partial charge on any atom is 0.312 e. The van der Waals surface area contributed by atoms with Gasteiger partial charge in [0, 0.05) is 0 Å². The van der Waals surface area contributed by atoms with Crippen LogP contribution in [0.15, 0.2) is 0 Å². The first-order valence-corrected chi connectivity index (χ1v) is 7.18. The third kappa shape index (κ3) is 11.0. The van der Waals surface area contributed by atoms with Crippen molar-refractivity contribution in [2.24, 2.45) is 5.41 Å². The first-order chi connectivity index (χ1) is 8.40. The maximum absolute atomic E-state index is 11.8. The van der Waals surface area contributed by atoms with Gasteiger partial charge in [-0.3, -0.25) is 4.79 Å². The van der Waals surface area contributed by atoms with Gasteiger partial charge in [0.05, 0.1) is 12.0 Å².